The van der Waals surface area contributed by atoms with Gasteiger partial charge in [0.05, 0.1) is 13.2 Å². The third-order valence-electron chi connectivity index (χ3n) is 3.81. The van der Waals surface area contributed by atoms with Crippen molar-refractivity contribution in [3.05, 3.63) is 65.5 Å². The molecular formula is C21H26FNO4. The molecule has 0 heterocycles. The van der Waals surface area contributed by atoms with Crippen LogP contribution in [0.25, 0.3) is 0 Å². The minimum absolute atomic E-state index is 0.229. The Labute approximate surface area is 159 Å². The number of ether oxygens (including phenoxy) is 3. The summed E-state index contributed by atoms with van der Waals surface area (Å²) >= 11 is 0. The molecule has 2 aromatic carbocycles. The summed E-state index contributed by atoms with van der Waals surface area (Å²) in [5.41, 5.74) is 1.89. The Bertz CT molecular complexity index is 707. The topological polar surface area (TPSA) is 56.8 Å². The van der Waals surface area contributed by atoms with Crippen molar-refractivity contribution in [2.45, 2.75) is 26.4 Å². The first-order chi connectivity index (χ1) is 13.1. The standard InChI is InChI=1S/C21H26FNO4/c1-16(2)19-9-8-18(22)14-20(19)26-13-12-25-11-10-23-21(24)27-15-17-6-4-3-5-7-17/h3-9,14,16H,10-13,15H2,1-2H3,(H,23,24). The van der Waals surface area contributed by atoms with E-state index in [9.17, 15) is 9.18 Å². The molecule has 0 fully saturated rings. The van der Waals surface area contributed by atoms with E-state index in [0.29, 0.717) is 32.1 Å². The molecule has 0 spiro atoms. The van der Waals surface area contributed by atoms with Gasteiger partial charge in [0.25, 0.3) is 0 Å². The third-order valence-corrected chi connectivity index (χ3v) is 3.81. The minimum Gasteiger partial charge on any atom is -0.491 e. The number of hydrogen-bond acceptors (Lipinski definition) is 4. The van der Waals surface area contributed by atoms with E-state index in [1.807, 2.05) is 44.2 Å². The Morgan fingerprint density at radius 2 is 1.85 bits per heavy atom. The molecule has 2 aromatic rings. The molecule has 0 bridgehead atoms. The number of carbonyl (C=O) groups excluding carboxylic acids is 1. The molecule has 0 radical (unpaired) electrons. The van der Waals surface area contributed by atoms with Crippen LogP contribution in [-0.2, 0) is 16.1 Å². The van der Waals surface area contributed by atoms with Gasteiger partial charge in [-0.1, -0.05) is 50.2 Å². The zero-order chi connectivity index (χ0) is 19.5. The summed E-state index contributed by atoms with van der Waals surface area (Å²) in [4.78, 5) is 11.6. The molecule has 5 nitrogen and oxygen atoms in total. The van der Waals surface area contributed by atoms with Gasteiger partial charge in [-0.15, -0.1) is 0 Å². The SMILES string of the molecule is CC(C)c1ccc(F)cc1OCCOCCNC(=O)OCc1ccccc1. The molecule has 0 aliphatic carbocycles. The molecule has 6 heteroatoms. The lowest BCUT2D eigenvalue weighted by Crippen LogP contribution is -2.28. The number of rotatable bonds is 10. The summed E-state index contributed by atoms with van der Waals surface area (Å²) in [6.07, 6.45) is -0.486. The second-order valence-electron chi connectivity index (χ2n) is 6.29. The molecule has 0 aliphatic heterocycles. The highest BCUT2D eigenvalue weighted by molar-refractivity contribution is 5.67. The Hall–Kier alpha value is -2.60. The maximum Gasteiger partial charge on any atom is 0.407 e. The van der Waals surface area contributed by atoms with Gasteiger partial charge >= 0.3 is 6.09 Å². The molecule has 146 valence electrons. The molecule has 0 atom stereocenters. The van der Waals surface area contributed by atoms with Crippen molar-refractivity contribution in [1.82, 2.24) is 5.32 Å². The monoisotopic (exact) mass is 375 g/mol. The summed E-state index contributed by atoms with van der Waals surface area (Å²) < 4.78 is 29.5. The van der Waals surface area contributed by atoms with Gasteiger partial charge in [-0.2, -0.15) is 0 Å². The van der Waals surface area contributed by atoms with E-state index in [1.54, 1.807) is 6.07 Å². The predicted octanol–water partition coefficient (Wildman–Crippen LogP) is 4.27. The van der Waals surface area contributed by atoms with Crippen molar-refractivity contribution in [2.75, 3.05) is 26.4 Å². The molecule has 0 aliphatic rings. The lowest BCUT2D eigenvalue weighted by molar-refractivity contribution is 0.0962. The number of alkyl carbamates (subject to hydrolysis) is 1. The third kappa shape index (κ3) is 7.66. The Kier molecular flexibility index (Phi) is 8.58. The zero-order valence-electron chi connectivity index (χ0n) is 15.7. The second-order valence-corrected chi connectivity index (χ2v) is 6.29. The maximum absolute atomic E-state index is 13.4. The first-order valence-corrected chi connectivity index (χ1v) is 9.01. The summed E-state index contributed by atoms with van der Waals surface area (Å²) in [5.74, 6) is 0.456. The van der Waals surface area contributed by atoms with Crippen LogP contribution in [0.5, 0.6) is 5.75 Å². The van der Waals surface area contributed by atoms with Crippen molar-refractivity contribution in [2.24, 2.45) is 0 Å². The number of benzene rings is 2. The lowest BCUT2D eigenvalue weighted by atomic mass is 10.0. The van der Waals surface area contributed by atoms with Crippen molar-refractivity contribution in [1.29, 1.82) is 0 Å². The van der Waals surface area contributed by atoms with Gasteiger partial charge in [0, 0.05) is 12.6 Å². The quantitative estimate of drug-likeness (QED) is 0.630. The summed E-state index contributed by atoms with van der Waals surface area (Å²) in [7, 11) is 0. The van der Waals surface area contributed by atoms with Gasteiger partial charge in [-0.05, 0) is 23.1 Å². The van der Waals surface area contributed by atoms with Crippen LogP contribution in [0.15, 0.2) is 48.5 Å². The highest BCUT2D eigenvalue weighted by Crippen LogP contribution is 2.27. The fourth-order valence-corrected chi connectivity index (χ4v) is 2.42. The maximum atomic E-state index is 13.4. The van der Waals surface area contributed by atoms with E-state index in [0.717, 1.165) is 11.1 Å². The lowest BCUT2D eigenvalue weighted by Gasteiger charge is -2.14. The molecule has 0 aromatic heterocycles. The Morgan fingerprint density at radius 3 is 2.59 bits per heavy atom. The van der Waals surface area contributed by atoms with Gasteiger partial charge < -0.3 is 19.5 Å². The van der Waals surface area contributed by atoms with Crippen molar-refractivity contribution < 1.29 is 23.4 Å². The molecule has 0 saturated carbocycles. The summed E-state index contributed by atoms with van der Waals surface area (Å²) in [6.45, 7) is 5.61. The number of carbonyl (C=O) groups is 1. The number of amides is 1. The molecular weight excluding hydrogens is 349 g/mol. The van der Waals surface area contributed by atoms with Gasteiger partial charge in [-0.3, -0.25) is 0 Å². The van der Waals surface area contributed by atoms with Crippen LogP contribution in [0, 0.1) is 5.82 Å². The molecule has 27 heavy (non-hydrogen) atoms. The van der Waals surface area contributed by atoms with Crippen molar-refractivity contribution >= 4 is 6.09 Å². The van der Waals surface area contributed by atoms with E-state index in [-0.39, 0.29) is 18.3 Å². The summed E-state index contributed by atoms with van der Waals surface area (Å²) in [6, 6.07) is 14.0. The van der Waals surface area contributed by atoms with E-state index in [1.165, 1.54) is 12.1 Å². The van der Waals surface area contributed by atoms with E-state index in [4.69, 9.17) is 14.2 Å². The number of nitrogens with one attached hydrogen (secondary N) is 1. The minimum atomic E-state index is -0.486. The van der Waals surface area contributed by atoms with E-state index in [2.05, 4.69) is 5.32 Å². The van der Waals surface area contributed by atoms with E-state index < -0.39 is 6.09 Å². The number of halogens is 1. The fraction of sp³-hybridized carbons (Fsp3) is 0.381. The zero-order valence-corrected chi connectivity index (χ0v) is 15.7. The molecule has 0 saturated heterocycles. The van der Waals surface area contributed by atoms with Crippen LogP contribution in [0.1, 0.15) is 30.9 Å². The first-order valence-electron chi connectivity index (χ1n) is 9.01. The summed E-state index contributed by atoms with van der Waals surface area (Å²) in [5, 5.41) is 2.62. The second kappa shape index (κ2) is 11.2. The predicted molar refractivity (Wildman–Crippen MR) is 101 cm³/mol. The van der Waals surface area contributed by atoms with Gasteiger partial charge in [0.15, 0.2) is 0 Å². The van der Waals surface area contributed by atoms with Crippen LogP contribution < -0.4 is 10.1 Å². The van der Waals surface area contributed by atoms with Gasteiger partial charge in [0.2, 0.25) is 0 Å². The molecule has 1 amide bonds. The normalized spacial score (nSPS) is 10.7. The van der Waals surface area contributed by atoms with Crippen LogP contribution in [0.2, 0.25) is 0 Å². The van der Waals surface area contributed by atoms with Gasteiger partial charge in [0.1, 0.15) is 24.8 Å². The highest BCUT2D eigenvalue weighted by atomic mass is 19.1. The molecule has 2 rings (SSSR count). The highest BCUT2D eigenvalue weighted by Gasteiger charge is 2.09. The smallest absolute Gasteiger partial charge is 0.407 e. The first kappa shape index (κ1) is 20.7. The van der Waals surface area contributed by atoms with E-state index >= 15 is 0 Å². The van der Waals surface area contributed by atoms with Crippen LogP contribution in [0.4, 0.5) is 9.18 Å². The molecule has 0 unspecified atom stereocenters. The largest absolute Gasteiger partial charge is 0.491 e. The number of hydrogen-bond donors (Lipinski definition) is 1. The van der Waals surface area contributed by atoms with Gasteiger partial charge in [-0.25, -0.2) is 9.18 Å². The average Bonchev–Trinajstić information content (AvgIpc) is 2.66. The van der Waals surface area contributed by atoms with Crippen LogP contribution in [0.3, 0.4) is 0 Å². The Balaban J connectivity index is 1.56. The van der Waals surface area contributed by atoms with Crippen molar-refractivity contribution in [3.63, 3.8) is 0 Å². The van der Waals surface area contributed by atoms with Crippen LogP contribution >= 0.6 is 0 Å². The van der Waals surface area contributed by atoms with Crippen LogP contribution in [-0.4, -0.2) is 32.5 Å². The Morgan fingerprint density at radius 1 is 1.07 bits per heavy atom. The fourth-order valence-electron chi connectivity index (χ4n) is 2.42. The molecule has 1 N–H and O–H groups in total. The van der Waals surface area contributed by atoms with Crippen molar-refractivity contribution in [3.8, 4) is 5.75 Å². The average molecular weight is 375 g/mol.